The van der Waals surface area contributed by atoms with Crippen molar-refractivity contribution in [2.45, 2.75) is 65.4 Å². The second-order valence-corrected chi connectivity index (χ2v) is 6.57. The van der Waals surface area contributed by atoms with Crippen LogP contribution in [-0.2, 0) is 9.47 Å². The van der Waals surface area contributed by atoms with Crippen LogP contribution in [-0.4, -0.2) is 25.4 Å². The van der Waals surface area contributed by atoms with Gasteiger partial charge in [0.25, 0.3) is 0 Å². The second-order valence-electron chi connectivity index (χ2n) is 6.57. The van der Waals surface area contributed by atoms with Crippen molar-refractivity contribution in [3.8, 4) is 0 Å². The third-order valence-electron chi connectivity index (χ3n) is 3.28. The van der Waals surface area contributed by atoms with Crippen molar-refractivity contribution >= 4 is 0 Å². The molecule has 17 heavy (non-hydrogen) atoms. The molecule has 0 spiro atoms. The molecule has 0 aromatic rings. The quantitative estimate of drug-likeness (QED) is 0.700. The minimum absolute atomic E-state index is 0.0301. The Bertz CT molecular complexity index is 190. The van der Waals surface area contributed by atoms with Gasteiger partial charge in [-0.1, -0.05) is 26.2 Å². The van der Waals surface area contributed by atoms with Crippen molar-refractivity contribution in [1.82, 2.24) is 0 Å². The standard InChI is InChI=1S/C15H30O2/c1-13(11-17-15(2,3)4)10-16-12-14-8-6-5-7-9-14/h13-14H,5-12H2,1-4H3. The number of hydrogen-bond acceptors (Lipinski definition) is 2. The summed E-state index contributed by atoms with van der Waals surface area (Å²) in [6, 6.07) is 0. The van der Waals surface area contributed by atoms with Crippen LogP contribution < -0.4 is 0 Å². The van der Waals surface area contributed by atoms with Crippen molar-refractivity contribution in [2.24, 2.45) is 11.8 Å². The zero-order chi connectivity index (χ0) is 12.7. The van der Waals surface area contributed by atoms with Crippen LogP contribution in [0.4, 0.5) is 0 Å². The molecule has 1 fully saturated rings. The molecule has 0 amide bonds. The van der Waals surface area contributed by atoms with Gasteiger partial charge in [0.05, 0.1) is 18.8 Å². The Labute approximate surface area is 107 Å². The Hall–Kier alpha value is -0.0800. The predicted molar refractivity (Wildman–Crippen MR) is 72.3 cm³/mol. The first-order valence-electron chi connectivity index (χ1n) is 7.19. The van der Waals surface area contributed by atoms with Crippen LogP contribution >= 0.6 is 0 Å². The van der Waals surface area contributed by atoms with Crippen LogP contribution in [0.3, 0.4) is 0 Å². The molecule has 1 unspecified atom stereocenters. The Morgan fingerprint density at radius 2 is 1.71 bits per heavy atom. The molecule has 0 aromatic carbocycles. The summed E-state index contributed by atoms with van der Waals surface area (Å²) in [5.41, 5.74) is -0.0301. The van der Waals surface area contributed by atoms with Gasteiger partial charge in [-0.05, 0) is 39.5 Å². The first-order valence-corrected chi connectivity index (χ1v) is 7.19. The average Bonchev–Trinajstić information content (AvgIpc) is 2.27. The van der Waals surface area contributed by atoms with Crippen LogP contribution in [0.2, 0.25) is 0 Å². The van der Waals surface area contributed by atoms with Gasteiger partial charge in [-0.3, -0.25) is 0 Å². The lowest BCUT2D eigenvalue weighted by Gasteiger charge is -2.24. The Balaban J connectivity index is 2.01. The van der Waals surface area contributed by atoms with Crippen molar-refractivity contribution in [3.05, 3.63) is 0 Å². The highest BCUT2D eigenvalue weighted by atomic mass is 16.5. The van der Waals surface area contributed by atoms with Gasteiger partial charge in [-0.25, -0.2) is 0 Å². The minimum atomic E-state index is -0.0301. The maximum absolute atomic E-state index is 5.82. The van der Waals surface area contributed by atoms with Crippen molar-refractivity contribution < 1.29 is 9.47 Å². The smallest absolute Gasteiger partial charge is 0.0598 e. The van der Waals surface area contributed by atoms with Crippen LogP contribution in [0, 0.1) is 11.8 Å². The molecule has 0 heterocycles. The monoisotopic (exact) mass is 242 g/mol. The van der Waals surface area contributed by atoms with E-state index >= 15 is 0 Å². The van der Waals surface area contributed by atoms with E-state index in [-0.39, 0.29) is 5.60 Å². The normalized spacial score (nSPS) is 20.5. The average molecular weight is 242 g/mol. The van der Waals surface area contributed by atoms with E-state index in [0.29, 0.717) is 5.92 Å². The lowest BCUT2D eigenvalue weighted by Crippen LogP contribution is -2.25. The van der Waals surface area contributed by atoms with Gasteiger partial charge in [-0.2, -0.15) is 0 Å². The molecule has 0 aromatic heterocycles. The fourth-order valence-electron chi connectivity index (χ4n) is 2.23. The predicted octanol–water partition coefficient (Wildman–Crippen LogP) is 4.03. The summed E-state index contributed by atoms with van der Waals surface area (Å²) >= 11 is 0. The molecule has 1 aliphatic carbocycles. The van der Waals surface area contributed by atoms with Gasteiger partial charge in [0.15, 0.2) is 0 Å². The fourth-order valence-corrected chi connectivity index (χ4v) is 2.23. The number of hydrogen-bond donors (Lipinski definition) is 0. The molecule has 0 bridgehead atoms. The lowest BCUT2D eigenvalue weighted by atomic mass is 9.90. The van der Waals surface area contributed by atoms with Gasteiger partial charge < -0.3 is 9.47 Å². The fraction of sp³-hybridized carbons (Fsp3) is 1.00. The summed E-state index contributed by atoms with van der Waals surface area (Å²) in [5, 5.41) is 0. The lowest BCUT2D eigenvalue weighted by molar-refractivity contribution is -0.0388. The summed E-state index contributed by atoms with van der Waals surface area (Å²) in [6.45, 7) is 11.1. The Morgan fingerprint density at radius 1 is 1.06 bits per heavy atom. The van der Waals surface area contributed by atoms with Gasteiger partial charge in [0.2, 0.25) is 0 Å². The van der Waals surface area contributed by atoms with Crippen LogP contribution in [0.25, 0.3) is 0 Å². The highest BCUT2D eigenvalue weighted by molar-refractivity contribution is 4.65. The van der Waals surface area contributed by atoms with Crippen LogP contribution in [0.1, 0.15) is 59.8 Å². The largest absolute Gasteiger partial charge is 0.381 e. The van der Waals surface area contributed by atoms with E-state index in [0.717, 1.165) is 25.7 Å². The van der Waals surface area contributed by atoms with E-state index in [4.69, 9.17) is 9.47 Å². The molecule has 0 aliphatic heterocycles. The molecule has 1 saturated carbocycles. The first-order chi connectivity index (χ1) is 7.97. The van der Waals surface area contributed by atoms with Crippen LogP contribution in [0.5, 0.6) is 0 Å². The molecule has 0 radical (unpaired) electrons. The van der Waals surface area contributed by atoms with Crippen LogP contribution in [0.15, 0.2) is 0 Å². The highest BCUT2D eigenvalue weighted by Gasteiger charge is 2.15. The SMILES string of the molecule is CC(COCC1CCCCC1)COC(C)(C)C. The van der Waals surface area contributed by atoms with Gasteiger partial charge in [0.1, 0.15) is 0 Å². The second kappa shape index (κ2) is 7.38. The summed E-state index contributed by atoms with van der Waals surface area (Å²) in [6.07, 6.45) is 6.96. The molecule has 1 atom stereocenters. The molecule has 2 heteroatoms. The van der Waals surface area contributed by atoms with E-state index in [9.17, 15) is 0 Å². The topological polar surface area (TPSA) is 18.5 Å². The maximum Gasteiger partial charge on any atom is 0.0598 e. The molecule has 1 aliphatic rings. The van der Waals surface area contributed by atoms with Gasteiger partial charge >= 0.3 is 0 Å². The Kier molecular flexibility index (Phi) is 6.50. The summed E-state index contributed by atoms with van der Waals surface area (Å²) < 4.78 is 11.6. The molecular formula is C15H30O2. The Morgan fingerprint density at radius 3 is 2.29 bits per heavy atom. The molecular weight excluding hydrogens is 212 g/mol. The third kappa shape index (κ3) is 7.77. The molecule has 2 nitrogen and oxygen atoms in total. The van der Waals surface area contributed by atoms with Crippen molar-refractivity contribution in [3.63, 3.8) is 0 Å². The minimum Gasteiger partial charge on any atom is -0.381 e. The third-order valence-corrected chi connectivity index (χ3v) is 3.28. The van der Waals surface area contributed by atoms with E-state index < -0.39 is 0 Å². The molecule has 1 rings (SSSR count). The maximum atomic E-state index is 5.82. The van der Waals surface area contributed by atoms with Gasteiger partial charge in [-0.15, -0.1) is 0 Å². The van der Waals surface area contributed by atoms with E-state index in [2.05, 4.69) is 27.7 Å². The van der Waals surface area contributed by atoms with Gasteiger partial charge in [0, 0.05) is 12.5 Å². The highest BCUT2D eigenvalue weighted by Crippen LogP contribution is 2.23. The van der Waals surface area contributed by atoms with E-state index in [1.165, 1.54) is 32.1 Å². The zero-order valence-electron chi connectivity index (χ0n) is 12.1. The molecule has 0 saturated heterocycles. The van der Waals surface area contributed by atoms with E-state index in [1.54, 1.807) is 0 Å². The van der Waals surface area contributed by atoms with Crippen molar-refractivity contribution in [2.75, 3.05) is 19.8 Å². The number of rotatable bonds is 6. The van der Waals surface area contributed by atoms with E-state index in [1.807, 2.05) is 0 Å². The molecule has 0 N–H and O–H groups in total. The number of ether oxygens (including phenoxy) is 2. The van der Waals surface area contributed by atoms with Crippen molar-refractivity contribution in [1.29, 1.82) is 0 Å². The summed E-state index contributed by atoms with van der Waals surface area (Å²) in [7, 11) is 0. The summed E-state index contributed by atoms with van der Waals surface area (Å²) in [4.78, 5) is 0. The summed E-state index contributed by atoms with van der Waals surface area (Å²) in [5.74, 6) is 1.32. The zero-order valence-corrected chi connectivity index (χ0v) is 12.1. The molecule has 102 valence electrons. The first kappa shape index (κ1) is 15.0.